The number of carbonyl (C=O) groups is 1. The van der Waals surface area contributed by atoms with E-state index < -0.39 is 6.04 Å². The monoisotopic (exact) mass is 374 g/mol. The molecular formula is C18H33N3O2V. The maximum absolute atomic E-state index is 12.0. The van der Waals surface area contributed by atoms with Gasteiger partial charge in [0.05, 0.1) is 24.4 Å². The van der Waals surface area contributed by atoms with Gasteiger partial charge in [-0.05, 0) is 30.5 Å². The number of nitrogens with two attached hydrogens (primary N) is 1. The van der Waals surface area contributed by atoms with Gasteiger partial charge < -0.3 is 21.1 Å². The Labute approximate surface area is 161 Å². The van der Waals surface area contributed by atoms with Crippen LogP contribution < -0.4 is 16.4 Å². The number of benzene rings is 1. The largest absolute Gasteiger partial charge is 0.380 e. The summed E-state index contributed by atoms with van der Waals surface area (Å²) in [5.41, 5.74) is 11.4. The van der Waals surface area contributed by atoms with E-state index in [4.69, 9.17) is 10.5 Å². The summed E-state index contributed by atoms with van der Waals surface area (Å²) in [5.74, 6) is -0.0999. The second kappa shape index (κ2) is 11.1. The molecule has 1 aromatic carbocycles. The quantitative estimate of drug-likeness (QED) is 0.611. The van der Waals surface area contributed by atoms with Crippen LogP contribution in [-0.4, -0.2) is 25.1 Å². The molecule has 0 spiro atoms. The molecule has 6 heteroatoms. The molecule has 137 valence electrons. The zero-order valence-corrected chi connectivity index (χ0v) is 16.2. The first-order valence-electron chi connectivity index (χ1n) is 7.69. The van der Waals surface area contributed by atoms with E-state index in [1.807, 2.05) is 45.0 Å². The van der Waals surface area contributed by atoms with E-state index in [2.05, 4.69) is 22.9 Å². The molecule has 24 heavy (non-hydrogen) atoms. The van der Waals surface area contributed by atoms with Gasteiger partial charge in [-0.25, -0.2) is 0 Å². The number of carbonyl (C=O) groups excluding carboxylic acids is 1. The summed E-state index contributed by atoms with van der Waals surface area (Å²) in [5, 5.41) is 6.10. The van der Waals surface area contributed by atoms with E-state index >= 15 is 0 Å². The first-order valence-corrected chi connectivity index (χ1v) is 7.69. The summed E-state index contributed by atoms with van der Waals surface area (Å²) >= 11 is 0. The molecule has 0 bridgehead atoms. The predicted molar refractivity (Wildman–Crippen MR) is 100 cm³/mol. The number of anilines is 1. The normalized spacial score (nSPS) is 12.6. The summed E-state index contributed by atoms with van der Waals surface area (Å²) in [6.07, 6.45) is 0. The van der Waals surface area contributed by atoms with Gasteiger partial charge in [0.2, 0.25) is 5.91 Å². The second-order valence-corrected chi connectivity index (χ2v) is 5.85. The van der Waals surface area contributed by atoms with Crippen molar-refractivity contribution in [1.82, 2.24) is 5.32 Å². The third-order valence-corrected chi connectivity index (χ3v) is 3.55. The van der Waals surface area contributed by atoms with Crippen LogP contribution in [-0.2, 0) is 34.7 Å². The Balaban J connectivity index is -0.000000661. The second-order valence-electron chi connectivity index (χ2n) is 5.85. The Bertz CT molecular complexity index is 580. The van der Waals surface area contributed by atoms with Gasteiger partial charge in [0.25, 0.3) is 0 Å². The molecule has 0 fully saturated rings. The Hall–Kier alpha value is -1.49. The van der Waals surface area contributed by atoms with Crippen molar-refractivity contribution < 1.29 is 32.4 Å². The third kappa shape index (κ3) is 6.96. The molecule has 1 amide bonds. The zero-order valence-electron chi connectivity index (χ0n) is 14.8. The van der Waals surface area contributed by atoms with Crippen molar-refractivity contribution in [2.24, 2.45) is 11.7 Å². The van der Waals surface area contributed by atoms with Gasteiger partial charge in [0.1, 0.15) is 0 Å². The zero-order chi connectivity index (χ0) is 17.4. The molecule has 0 saturated carbocycles. The summed E-state index contributed by atoms with van der Waals surface area (Å²) in [6.45, 7) is 9.96. The summed E-state index contributed by atoms with van der Waals surface area (Å²) < 4.78 is 5.09. The molecule has 2 atom stereocenters. The molecule has 0 aliphatic carbocycles. The Kier molecular flexibility index (Phi) is 10.4. The fourth-order valence-corrected chi connectivity index (χ4v) is 2.00. The van der Waals surface area contributed by atoms with Crippen LogP contribution in [0.5, 0.6) is 0 Å². The predicted octanol–water partition coefficient (Wildman–Crippen LogP) is 3.14. The molecule has 5 nitrogen and oxygen atoms in total. The number of rotatable bonds is 8. The van der Waals surface area contributed by atoms with Crippen molar-refractivity contribution in [2.75, 3.05) is 12.4 Å². The van der Waals surface area contributed by atoms with Crippen LogP contribution in [0.4, 0.5) is 5.69 Å². The van der Waals surface area contributed by atoms with Gasteiger partial charge in [-0.2, -0.15) is 0 Å². The number of hydrogen-bond acceptors (Lipinski definition) is 4. The standard InChI is InChI=1S/C18H27N3O2.V.3H2/c1-6-16(13(4)20-18(22)17(19)12(2)3)21-15-9-7-14(8-10-15)11-23-5;;;;/h7-10,12-13,17,21H,1,11,19H2,2-5H3,(H,20,22);;3*1H/t13-,17-;;;;/m0..../s1. The van der Waals surface area contributed by atoms with E-state index in [0.717, 1.165) is 11.3 Å². The molecular weight excluding hydrogens is 341 g/mol. The summed E-state index contributed by atoms with van der Waals surface area (Å²) in [6, 6.07) is 7.05. The minimum atomic E-state index is -0.531. The minimum absolute atomic E-state index is 0. The van der Waals surface area contributed by atoms with E-state index in [-0.39, 0.29) is 40.7 Å². The van der Waals surface area contributed by atoms with Crippen LogP contribution in [0.15, 0.2) is 42.3 Å². The van der Waals surface area contributed by atoms with Crippen molar-refractivity contribution in [1.29, 1.82) is 0 Å². The van der Waals surface area contributed by atoms with E-state index in [9.17, 15) is 4.79 Å². The number of nitrogens with one attached hydrogen (secondary N) is 2. The van der Waals surface area contributed by atoms with Gasteiger partial charge in [0.15, 0.2) is 0 Å². The Morgan fingerprint density at radius 1 is 1.33 bits per heavy atom. The van der Waals surface area contributed by atoms with Crippen molar-refractivity contribution in [3.05, 3.63) is 47.8 Å². The van der Waals surface area contributed by atoms with E-state index in [1.54, 1.807) is 7.11 Å². The summed E-state index contributed by atoms with van der Waals surface area (Å²) in [4.78, 5) is 12.0. The van der Waals surface area contributed by atoms with E-state index in [1.165, 1.54) is 0 Å². The summed E-state index contributed by atoms with van der Waals surface area (Å²) in [7, 11) is 1.66. The van der Waals surface area contributed by atoms with Gasteiger partial charge >= 0.3 is 0 Å². The average molecular weight is 374 g/mol. The van der Waals surface area contributed by atoms with Crippen LogP contribution in [0.2, 0.25) is 0 Å². The number of ether oxygens (including phenoxy) is 1. The maximum Gasteiger partial charge on any atom is 0.237 e. The first-order chi connectivity index (χ1) is 10.9. The molecule has 0 heterocycles. The Morgan fingerprint density at radius 2 is 1.92 bits per heavy atom. The van der Waals surface area contributed by atoms with Gasteiger partial charge in [-0.3, -0.25) is 4.79 Å². The molecule has 0 aliphatic heterocycles. The van der Waals surface area contributed by atoms with Crippen molar-refractivity contribution in [3.8, 4) is 0 Å². The molecule has 4 N–H and O–H groups in total. The molecule has 0 saturated heterocycles. The Morgan fingerprint density at radius 3 is 2.38 bits per heavy atom. The minimum Gasteiger partial charge on any atom is -0.380 e. The van der Waals surface area contributed by atoms with E-state index in [0.29, 0.717) is 12.3 Å². The van der Waals surface area contributed by atoms with Crippen molar-refractivity contribution in [3.63, 3.8) is 0 Å². The number of amides is 1. The fraction of sp³-hybridized carbons (Fsp3) is 0.444. The average Bonchev–Trinajstić information content (AvgIpc) is 2.53. The molecule has 0 aromatic heterocycles. The molecule has 0 unspecified atom stereocenters. The van der Waals surface area contributed by atoms with Crippen LogP contribution in [0.1, 0.15) is 30.6 Å². The van der Waals surface area contributed by atoms with Crippen LogP contribution in [0.3, 0.4) is 0 Å². The molecule has 1 rings (SSSR count). The van der Waals surface area contributed by atoms with Crippen LogP contribution in [0, 0.1) is 5.92 Å². The van der Waals surface area contributed by atoms with Gasteiger partial charge in [-0.1, -0.05) is 32.6 Å². The van der Waals surface area contributed by atoms with Crippen molar-refractivity contribution >= 4 is 11.6 Å². The first kappa shape index (κ1) is 22.5. The van der Waals surface area contributed by atoms with Crippen molar-refractivity contribution in [2.45, 2.75) is 39.5 Å². The fourth-order valence-electron chi connectivity index (χ4n) is 2.00. The maximum atomic E-state index is 12.0. The SMILES string of the molecule is C=C=C(Nc1ccc(COC)cc1)[C@H](C)NC(=O)[C@@H](N)C(C)C.[HH].[HH].[HH].[V]. The van der Waals surface area contributed by atoms with Crippen LogP contribution >= 0.6 is 0 Å². The third-order valence-electron chi connectivity index (χ3n) is 3.55. The topological polar surface area (TPSA) is 76.4 Å². The smallest absolute Gasteiger partial charge is 0.237 e. The molecule has 1 aromatic rings. The van der Waals surface area contributed by atoms with Gasteiger partial charge in [0, 0.05) is 35.6 Å². The molecule has 0 aliphatic rings. The van der Waals surface area contributed by atoms with Crippen LogP contribution in [0.25, 0.3) is 0 Å². The number of hydrogen-bond donors (Lipinski definition) is 3. The molecule has 1 radical (unpaired) electrons. The van der Waals surface area contributed by atoms with Gasteiger partial charge in [-0.15, -0.1) is 5.73 Å². The number of methoxy groups -OCH3 is 1.